The van der Waals surface area contributed by atoms with Gasteiger partial charge in [-0.15, -0.1) is 0 Å². The first-order valence-corrected chi connectivity index (χ1v) is 9.60. The molecule has 3 aromatic rings. The maximum absolute atomic E-state index is 12.6. The van der Waals surface area contributed by atoms with Gasteiger partial charge in [-0.2, -0.15) is 0 Å². The number of hydrogen-bond acceptors (Lipinski definition) is 6. The lowest BCUT2D eigenvalue weighted by Crippen LogP contribution is -2.03. The molecule has 0 aliphatic heterocycles. The Bertz CT molecular complexity index is 1090. The Hall–Kier alpha value is -3.09. The minimum absolute atomic E-state index is 0.116. The predicted molar refractivity (Wildman–Crippen MR) is 116 cm³/mol. The third-order valence-corrected chi connectivity index (χ3v) is 4.45. The van der Waals surface area contributed by atoms with E-state index in [0.29, 0.717) is 28.9 Å². The van der Waals surface area contributed by atoms with Crippen LogP contribution in [0.25, 0.3) is 22.3 Å². The Labute approximate surface area is 175 Å². The van der Waals surface area contributed by atoms with E-state index in [1.807, 2.05) is 32.0 Å². The van der Waals surface area contributed by atoms with E-state index >= 15 is 0 Å². The number of methoxy groups -OCH3 is 2. The molecule has 0 bridgehead atoms. The largest absolute Gasteiger partial charge is 0.467 e. The first-order chi connectivity index (χ1) is 14.5. The average Bonchev–Trinajstić information content (AvgIpc) is 2.74. The smallest absolute Gasteiger partial charge is 0.193 e. The summed E-state index contributed by atoms with van der Waals surface area (Å²) in [6, 6.07) is 12.3. The summed E-state index contributed by atoms with van der Waals surface area (Å²) < 4.78 is 27.1. The molecular formula is C24H26O6. The Balaban J connectivity index is 2.03. The van der Waals surface area contributed by atoms with E-state index in [4.69, 9.17) is 23.4 Å². The van der Waals surface area contributed by atoms with Crippen LogP contribution in [0.1, 0.15) is 19.4 Å². The maximum Gasteiger partial charge on any atom is 0.193 e. The average molecular weight is 410 g/mol. The van der Waals surface area contributed by atoms with Crippen LogP contribution < -0.4 is 14.9 Å². The highest BCUT2D eigenvalue weighted by Gasteiger charge is 2.11. The molecule has 1 aromatic heterocycles. The van der Waals surface area contributed by atoms with E-state index in [2.05, 4.69) is 6.08 Å². The fraction of sp³-hybridized carbons (Fsp3) is 0.292. The lowest BCUT2D eigenvalue weighted by atomic mass is 10.0. The van der Waals surface area contributed by atoms with Crippen LogP contribution >= 0.6 is 0 Å². The number of ether oxygens (including phenoxy) is 4. The van der Waals surface area contributed by atoms with Gasteiger partial charge in [0.15, 0.2) is 19.0 Å². The molecule has 0 saturated carbocycles. The molecule has 0 saturated heterocycles. The van der Waals surface area contributed by atoms with E-state index in [9.17, 15) is 4.79 Å². The van der Waals surface area contributed by atoms with E-state index in [0.717, 1.165) is 16.9 Å². The second-order valence-corrected chi connectivity index (χ2v) is 7.04. The summed E-state index contributed by atoms with van der Waals surface area (Å²) in [6.07, 6.45) is 2.82. The fourth-order valence-electron chi connectivity index (χ4n) is 2.96. The van der Waals surface area contributed by atoms with Crippen molar-refractivity contribution in [2.75, 3.05) is 27.8 Å². The Morgan fingerprint density at radius 1 is 0.967 bits per heavy atom. The number of hydrogen-bond donors (Lipinski definition) is 0. The molecular weight excluding hydrogens is 384 g/mol. The van der Waals surface area contributed by atoms with Gasteiger partial charge in [0.25, 0.3) is 0 Å². The van der Waals surface area contributed by atoms with Gasteiger partial charge >= 0.3 is 0 Å². The zero-order chi connectivity index (χ0) is 21.5. The molecule has 0 radical (unpaired) electrons. The maximum atomic E-state index is 12.6. The van der Waals surface area contributed by atoms with Crippen LogP contribution in [-0.4, -0.2) is 27.8 Å². The van der Waals surface area contributed by atoms with Crippen LogP contribution in [0.15, 0.2) is 63.3 Å². The van der Waals surface area contributed by atoms with Gasteiger partial charge in [0.2, 0.25) is 0 Å². The van der Waals surface area contributed by atoms with Crippen molar-refractivity contribution in [3.05, 3.63) is 69.9 Å². The predicted octanol–water partition coefficient (Wildman–Crippen LogP) is 4.93. The van der Waals surface area contributed by atoms with Crippen LogP contribution in [-0.2, 0) is 15.9 Å². The molecule has 0 aliphatic carbocycles. The zero-order valence-corrected chi connectivity index (χ0v) is 17.7. The SMILES string of the molecule is COCOc1ccc2c(=O)cc(-c3ccc(OCOC)c(CC=C(C)C)c3)oc2c1. The van der Waals surface area contributed by atoms with Gasteiger partial charge < -0.3 is 23.4 Å². The highest BCUT2D eigenvalue weighted by atomic mass is 16.7. The van der Waals surface area contributed by atoms with Crippen LogP contribution in [0.5, 0.6) is 11.5 Å². The van der Waals surface area contributed by atoms with Gasteiger partial charge in [0.05, 0.1) is 5.39 Å². The third-order valence-electron chi connectivity index (χ3n) is 4.45. The summed E-state index contributed by atoms with van der Waals surface area (Å²) >= 11 is 0. The molecule has 2 aromatic carbocycles. The van der Waals surface area contributed by atoms with Gasteiger partial charge in [0.1, 0.15) is 22.8 Å². The molecule has 0 atom stereocenters. The van der Waals surface area contributed by atoms with Crippen molar-refractivity contribution >= 4 is 11.0 Å². The molecule has 0 fully saturated rings. The minimum Gasteiger partial charge on any atom is -0.467 e. The van der Waals surface area contributed by atoms with Crippen LogP contribution in [0.4, 0.5) is 0 Å². The molecule has 0 aliphatic rings. The van der Waals surface area contributed by atoms with Crippen molar-refractivity contribution in [1.29, 1.82) is 0 Å². The summed E-state index contributed by atoms with van der Waals surface area (Å²) in [4.78, 5) is 12.6. The fourth-order valence-corrected chi connectivity index (χ4v) is 2.96. The van der Waals surface area contributed by atoms with Gasteiger partial charge in [-0.3, -0.25) is 4.79 Å². The van der Waals surface area contributed by atoms with E-state index < -0.39 is 0 Å². The standard InChI is InChI=1S/C24H26O6/c1-16(2)5-6-17-11-18(7-10-22(17)29-15-27-4)23-13-21(25)20-9-8-19(28-14-26-3)12-24(20)30-23/h5,7-13H,6,14-15H2,1-4H3. The van der Waals surface area contributed by atoms with Crippen molar-refractivity contribution < 1.29 is 23.4 Å². The summed E-state index contributed by atoms with van der Waals surface area (Å²) in [7, 11) is 3.13. The Morgan fingerprint density at radius 3 is 2.47 bits per heavy atom. The van der Waals surface area contributed by atoms with Gasteiger partial charge in [0, 0.05) is 31.9 Å². The quantitative estimate of drug-likeness (QED) is 0.368. The Morgan fingerprint density at radius 2 is 1.73 bits per heavy atom. The molecule has 158 valence electrons. The summed E-state index contributed by atoms with van der Waals surface area (Å²) in [5, 5.41) is 0.494. The molecule has 3 rings (SSSR count). The second-order valence-electron chi connectivity index (χ2n) is 7.04. The van der Waals surface area contributed by atoms with Gasteiger partial charge in [-0.05, 0) is 56.2 Å². The van der Waals surface area contributed by atoms with Crippen molar-refractivity contribution in [1.82, 2.24) is 0 Å². The topological polar surface area (TPSA) is 67.1 Å². The first-order valence-electron chi connectivity index (χ1n) is 9.60. The zero-order valence-electron chi connectivity index (χ0n) is 17.7. The molecule has 30 heavy (non-hydrogen) atoms. The van der Waals surface area contributed by atoms with Gasteiger partial charge in [-0.25, -0.2) is 0 Å². The van der Waals surface area contributed by atoms with Crippen molar-refractivity contribution in [2.24, 2.45) is 0 Å². The molecule has 0 spiro atoms. The van der Waals surface area contributed by atoms with Crippen LogP contribution in [0, 0.1) is 0 Å². The molecule has 0 unspecified atom stereocenters. The van der Waals surface area contributed by atoms with Gasteiger partial charge in [-0.1, -0.05) is 11.6 Å². The number of rotatable bonds is 9. The van der Waals surface area contributed by atoms with E-state index in [-0.39, 0.29) is 19.0 Å². The molecule has 6 nitrogen and oxygen atoms in total. The van der Waals surface area contributed by atoms with Crippen LogP contribution in [0.3, 0.4) is 0 Å². The lowest BCUT2D eigenvalue weighted by molar-refractivity contribution is 0.0505. The number of fused-ring (bicyclic) bond motifs is 1. The molecule has 1 heterocycles. The first kappa shape index (κ1) is 21.6. The van der Waals surface area contributed by atoms with E-state index in [1.165, 1.54) is 11.6 Å². The summed E-state index contributed by atoms with van der Waals surface area (Å²) in [5.41, 5.74) is 3.32. The summed E-state index contributed by atoms with van der Waals surface area (Å²) in [6.45, 7) is 4.37. The van der Waals surface area contributed by atoms with Crippen molar-refractivity contribution in [3.63, 3.8) is 0 Å². The summed E-state index contributed by atoms with van der Waals surface area (Å²) in [5.74, 6) is 1.78. The minimum atomic E-state index is -0.116. The molecule has 0 N–H and O–H groups in total. The number of benzene rings is 2. The monoisotopic (exact) mass is 410 g/mol. The highest BCUT2D eigenvalue weighted by Crippen LogP contribution is 2.29. The highest BCUT2D eigenvalue weighted by molar-refractivity contribution is 5.80. The Kier molecular flexibility index (Phi) is 7.27. The van der Waals surface area contributed by atoms with Crippen molar-refractivity contribution in [3.8, 4) is 22.8 Å². The second kappa shape index (κ2) is 10.1. The van der Waals surface area contributed by atoms with Crippen LogP contribution in [0.2, 0.25) is 0 Å². The lowest BCUT2D eigenvalue weighted by Gasteiger charge is -2.12. The number of allylic oxidation sites excluding steroid dienone is 2. The molecule has 0 amide bonds. The van der Waals surface area contributed by atoms with Crippen molar-refractivity contribution in [2.45, 2.75) is 20.3 Å². The normalized spacial score (nSPS) is 10.8. The third kappa shape index (κ3) is 5.28. The van der Waals surface area contributed by atoms with E-state index in [1.54, 1.807) is 32.4 Å². The molecule has 6 heteroatoms.